The first-order valence-electron chi connectivity index (χ1n) is 3.58. The number of aliphatic hydroxyl groups excluding tert-OH is 1. The van der Waals surface area contributed by atoms with Gasteiger partial charge in [-0.1, -0.05) is 6.07 Å². The van der Waals surface area contributed by atoms with Crippen LogP contribution in [-0.2, 0) is 6.42 Å². The van der Waals surface area contributed by atoms with Crippen LogP contribution in [0.25, 0.3) is 0 Å². The van der Waals surface area contributed by atoms with Crippen LogP contribution in [0.15, 0.2) is 17.5 Å². The third-order valence-electron chi connectivity index (χ3n) is 1.56. The van der Waals surface area contributed by atoms with E-state index in [1.807, 2.05) is 0 Å². The average molecular weight is 192 g/mol. The van der Waals surface area contributed by atoms with E-state index >= 15 is 0 Å². The Labute approximate surface area is 73.7 Å². The molecule has 0 saturated carbocycles. The van der Waals surface area contributed by atoms with Crippen LogP contribution in [0.3, 0.4) is 0 Å². The van der Waals surface area contributed by atoms with E-state index in [-0.39, 0.29) is 6.42 Å². The summed E-state index contributed by atoms with van der Waals surface area (Å²) < 4.78 is 24.9. The Kier molecular flexibility index (Phi) is 2.80. The molecule has 0 amide bonds. The zero-order valence-electron chi connectivity index (χ0n) is 6.63. The summed E-state index contributed by atoms with van der Waals surface area (Å²) in [7, 11) is 0. The van der Waals surface area contributed by atoms with Gasteiger partial charge in [0.2, 0.25) is 0 Å². The summed E-state index contributed by atoms with van der Waals surface area (Å²) in [6.07, 6.45) is -1.54. The molecule has 0 aliphatic rings. The highest BCUT2D eigenvalue weighted by atomic mass is 32.1. The van der Waals surface area contributed by atoms with E-state index in [1.54, 1.807) is 17.5 Å². The Morgan fingerprint density at radius 2 is 2.33 bits per heavy atom. The summed E-state index contributed by atoms with van der Waals surface area (Å²) in [4.78, 5) is 0.782. The van der Waals surface area contributed by atoms with Gasteiger partial charge in [0.25, 0.3) is 5.92 Å². The molecule has 12 heavy (non-hydrogen) atoms. The average Bonchev–Trinajstić information content (AvgIpc) is 2.37. The molecular weight excluding hydrogens is 182 g/mol. The maximum Gasteiger partial charge on any atom is 0.271 e. The summed E-state index contributed by atoms with van der Waals surface area (Å²) in [5.74, 6) is -3.01. The molecule has 0 saturated heterocycles. The van der Waals surface area contributed by atoms with Crippen molar-refractivity contribution in [2.45, 2.75) is 25.4 Å². The lowest BCUT2D eigenvalue weighted by Crippen LogP contribution is -2.31. The maximum absolute atomic E-state index is 12.5. The third kappa shape index (κ3) is 2.53. The first-order chi connectivity index (χ1) is 5.50. The van der Waals surface area contributed by atoms with E-state index in [0.717, 1.165) is 11.8 Å². The normalized spacial score (nSPS) is 14.7. The van der Waals surface area contributed by atoms with Gasteiger partial charge in [0.15, 0.2) is 0 Å². The molecule has 0 fully saturated rings. The van der Waals surface area contributed by atoms with Crippen LogP contribution in [0, 0.1) is 0 Å². The van der Waals surface area contributed by atoms with E-state index < -0.39 is 12.0 Å². The fraction of sp³-hybridized carbons (Fsp3) is 0.500. The molecule has 1 aromatic rings. The van der Waals surface area contributed by atoms with Crippen LogP contribution in [-0.4, -0.2) is 17.1 Å². The largest absolute Gasteiger partial charge is 0.386 e. The smallest absolute Gasteiger partial charge is 0.271 e. The Bertz CT molecular complexity index is 228. The topological polar surface area (TPSA) is 20.2 Å². The summed E-state index contributed by atoms with van der Waals surface area (Å²) in [6.45, 7) is 0.727. The zero-order chi connectivity index (χ0) is 9.19. The van der Waals surface area contributed by atoms with Crippen LogP contribution >= 0.6 is 11.3 Å². The van der Waals surface area contributed by atoms with Crippen LogP contribution in [0.2, 0.25) is 0 Å². The van der Waals surface area contributed by atoms with Gasteiger partial charge in [-0.2, -0.15) is 0 Å². The van der Waals surface area contributed by atoms with Crippen LogP contribution < -0.4 is 0 Å². The van der Waals surface area contributed by atoms with Crippen molar-refractivity contribution in [1.82, 2.24) is 0 Å². The van der Waals surface area contributed by atoms with E-state index in [1.165, 1.54) is 11.3 Å². The predicted octanol–water partition coefficient (Wildman–Crippen LogP) is 2.31. The molecule has 0 aliphatic heterocycles. The van der Waals surface area contributed by atoms with Crippen molar-refractivity contribution in [2.75, 3.05) is 0 Å². The van der Waals surface area contributed by atoms with Crippen molar-refractivity contribution in [2.24, 2.45) is 0 Å². The zero-order valence-corrected chi connectivity index (χ0v) is 7.44. The molecular formula is C8H10F2OS. The fourth-order valence-electron chi connectivity index (χ4n) is 0.799. The summed E-state index contributed by atoms with van der Waals surface area (Å²) >= 11 is 1.37. The first-order valence-corrected chi connectivity index (χ1v) is 4.46. The van der Waals surface area contributed by atoms with Gasteiger partial charge in [-0.3, -0.25) is 0 Å². The van der Waals surface area contributed by atoms with Crippen molar-refractivity contribution >= 4 is 11.3 Å². The van der Waals surface area contributed by atoms with E-state index in [9.17, 15) is 8.78 Å². The lowest BCUT2D eigenvalue weighted by molar-refractivity contribution is -0.0918. The molecule has 68 valence electrons. The number of rotatable bonds is 3. The Morgan fingerprint density at radius 3 is 2.75 bits per heavy atom. The van der Waals surface area contributed by atoms with Gasteiger partial charge in [-0.15, -0.1) is 11.3 Å². The molecule has 0 bridgehead atoms. The lowest BCUT2D eigenvalue weighted by atomic mass is 10.1. The number of alkyl halides is 2. The van der Waals surface area contributed by atoms with Crippen molar-refractivity contribution in [3.63, 3.8) is 0 Å². The van der Waals surface area contributed by atoms with Gasteiger partial charge < -0.3 is 5.11 Å². The minimum absolute atomic E-state index is 0.0289. The number of hydrogen-bond donors (Lipinski definition) is 1. The van der Waals surface area contributed by atoms with Gasteiger partial charge in [-0.05, 0) is 11.4 Å². The van der Waals surface area contributed by atoms with Crippen molar-refractivity contribution < 1.29 is 13.9 Å². The van der Waals surface area contributed by atoms with Gasteiger partial charge in [0.1, 0.15) is 6.10 Å². The summed E-state index contributed by atoms with van der Waals surface area (Å²) in [5.41, 5.74) is 0. The van der Waals surface area contributed by atoms with Crippen molar-refractivity contribution in [1.29, 1.82) is 0 Å². The second-order valence-corrected chi connectivity index (χ2v) is 3.79. The Morgan fingerprint density at radius 1 is 1.67 bits per heavy atom. The molecule has 1 heterocycles. The molecule has 0 aliphatic carbocycles. The molecule has 0 spiro atoms. The molecule has 1 nitrogen and oxygen atoms in total. The number of thiophene rings is 1. The predicted molar refractivity (Wildman–Crippen MR) is 44.7 cm³/mol. The molecule has 0 aromatic carbocycles. The number of hydrogen-bond acceptors (Lipinski definition) is 2. The van der Waals surface area contributed by atoms with E-state index in [0.29, 0.717) is 0 Å². The van der Waals surface area contributed by atoms with Gasteiger partial charge >= 0.3 is 0 Å². The van der Waals surface area contributed by atoms with E-state index in [2.05, 4.69) is 0 Å². The fourth-order valence-corrected chi connectivity index (χ4v) is 1.54. The van der Waals surface area contributed by atoms with Crippen LogP contribution in [0.5, 0.6) is 0 Å². The SMILES string of the molecule is CC(F)(F)C(O)Cc1cccs1. The molecule has 1 unspecified atom stereocenters. The molecule has 1 aromatic heterocycles. The first kappa shape index (κ1) is 9.61. The Balaban J connectivity index is 2.53. The highest BCUT2D eigenvalue weighted by Crippen LogP contribution is 2.22. The van der Waals surface area contributed by atoms with Gasteiger partial charge in [0, 0.05) is 18.2 Å². The van der Waals surface area contributed by atoms with Crippen LogP contribution in [0.4, 0.5) is 8.78 Å². The monoisotopic (exact) mass is 192 g/mol. The highest BCUT2D eigenvalue weighted by Gasteiger charge is 2.32. The maximum atomic E-state index is 12.5. The standard InChI is InChI=1S/C8H10F2OS/c1-8(9,10)7(11)5-6-3-2-4-12-6/h2-4,7,11H,5H2,1H3. The molecule has 4 heteroatoms. The molecule has 1 N–H and O–H groups in total. The Hall–Kier alpha value is -0.480. The molecule has 0 radical (unpaired) electrons. The van der Waals surface area contributed by atoms with Crippen molar-refractivity contribution in [3.8, 4) is 0 Å². The third-order valence-corrected chi connectivity index (χ3v) is 2.46. The molecule has 1 atom stereocenters. The quantitative estimate of drug-likeness (QED) is 0.779. The van der Waals surface area contributed by atoms with Crippen LogP contribution in [0.1, 0.15) is 11.8 Å². The second kappa shape index (κ2) is 3.49. The van der Waals surface area contributed by atoms with E-state index in [4.69, 9.17) is 5.11 Å². The highest BCUT2D eigenvalue weighted by molar-refractivity contribution is 7.09. The minimum atomic E-state index is -3.01. The van der Waals surface area contributed by atoms with Gasteiger partial charge in [-0.25, -0.2) is 8.78 Å². The second-order valence-electron chi connectivity index (χ2n) is 2.76. The van der Waals surface area contributed by atoms with Gasteiger partial charge in [0.05, 0.1) is 0 Å². The number of halogens is 2. The minimum Gasteiger partial charge on any atom is -0.386 e. The summed E-state index contributed by atoms with van der Waals surface area (Å²) in [6, 6.07) is 3.51. The lowest BCUT2D eigenvalue weighted by Gasteiger charge is -2.16. The van der Waals surface area contributed by atoms with Crippen molar-refractivity contribution in [3.05, 3.63) is 22.4 Å². The molecule has 1 rings (SSSR count). The number of aliphatic hydroxyl groups is 1. The summed E-state index contributed by atoms with van der Waals surface area (Å²) in [5, 5.41) is 10.8.